The molecule has 1 saturated heterocycles. The van der Waals surface area contributed by atoms with Gasteiger partial charge in [0.15, 0.2) is 0 Å². The van der Waals surface area contributed by atoms with Gasteiger partial charge in [-0.15, -0.1) is 11.3 Å². The van der Waals surface area contributed by atoms with Crippen LogP contribution in [0.25, 0.3) is 12.2 Å². The minimum Gasteiger partial charge on any atom is -0.399 e. The zero-order valence-corrected chi connectivity index (χ0v) is 14.3. The first-order chi connectivity index (χ1) is 10.4. The van der Waals surface area contributed by atoms with E-state index in [1.54, 1.807) is 11.3 Å². The summed E-state index contributed by atoms with van der Waals surface area (Å²) in [5, 5.41) is 2.08. The quantitative estimate of drug-likeness (QED) is 0.790. The summed E-state index contributed by atoms with van der Waals surface area (Å²) < 4.78 is 12.1. The fourth-order valence-corrected chi connectivity index (χ4v) is 2.93. The first-order valence-corrected chi connectivity index (χ1v) is 8.43. The molecular weight excluding hydrogens is 291 g/mol. The Labute approximate surface area is 136 Å². The Hall–Kier alpha value is -1.36. The Kier molecular flexibility index (Phi) is 4.02. The summed E-state index contributed by atoms with van der Waals surface area (Å²) in [5.41, 5.74) is 1.64. The molecule has 0 aliphatic carbocycles. The number of hydrogen-bond acceptors (Lipinski definition) is 3. The zero-order chi connectivity index (χ0) is 15.8. The molecule has 1 aliphatic heterocycles. The zero-order valence-electron chi connectivity index (χ0n) is 13.5. The van der Waals surface area contributed by atoms with Gasteiger partial charge in [0.25, 0.3) is 0 Å². The molecule has 1 aliphatic rings. The molecule has 114 valence electrons. The standard InChI is InChI=1S/C18H21BO2S/c1-17(2)18(3,4)21-19(20-17)15-10-7-14(8-11-15)9-12-16-6-5-13-22-16/h5-13H,1-4H3. The molecule has 0 radical (unpaired) electrons. The highest BCUT2D eigenvalue weighted by atomic mass is 32.1. The first kappa shape index (κ1) is 15.5. The van der Waals surface area contributed by atoms with E-state index in [1.165, 1.54) is 10.4 Å². The summed E-state index contributed by atoms with van der Waals surface area (Å²) in [5.74, 6) is 0. The Morgan fingerprint density at radius 2 is 1.55 bits per heavy atom. The van der Waals surface area contributed by atoms with E-state index in [9.17, 15) is 0 Å². The van der Waals surface area contributed by atoms with Gasteiger partial charge in [0, 0.05) is 4.88 Å². The molecular formula is C18H21BO2S. The maximum atomic E-state index is 6.07. The summed E-state index contributed by atoms with van der Waals surface area (Å²) in [4.78, 5) is 1.26. The molecule has 0 atom stereocenters. The molecule has 3 rings (SSSR count). The van der Waals surface area contributed by atoms with E-state index in [2.05, 4.69) is 81.6 Å². The van der Waals surface area contributed by atoms with Crippen molar-refractivity contribution < 1.29 is 9.31 Å². The van der Waals surface area contributed by atoms with Crippen molar-refractivity contribution in [2.75, 3.05) is 0 Å². The van der Waals surface area contributed by atoms with E-state index in [1.807, 2.05) is 0 Å². The van der Waals surface area contributed by atoms with Crippen LogP contribution in [0.4, 0.5) is 0 Å². The smallest absolute Gasteiger partial charge is 0.399 e. The summed E-state index contributed by atoms with van der Waals surface area (Å²) in [6, 6.07) is 12.5. The van der Waals surface area contributed by atoms with Crippen LogP contribution in [0.2, 0.25) is 0 Å². The van der Waals surface area contributed by atoms with Gasteiger partial charge in [0.2, 0.25) is 0 Å². The van der Waals surface area contributed by atoms with Crippen LogP contribution < -0.4 is 5.46 Å². The minimum atomic E-state index is -0.296. The van der Waals surface area contributed by atoms with Crippen molar-refractivity contribution in [3.05, 3.63) is 52.2 Å². The van der Waals surface area contributed by atoms with E-state index in [-0.39, 0.29) is 18.3 Å². The van der Waals surface area contributed by atoms with Gasteiger partial charge in [-0.1, -0.05) is 36.4 Å². The lowest BCUT2D eigenvalue weighted by atomic mass is 9.79. The van der Waals surface area contributed by atoms with E-state index < -0.39 is 0 Å². The number of thiophene rings is 1. The molecule has 0 unspecified atom stereocenters. The maximum Gasteiger partial charge on any atom is 0.494 e. The van der Waals surface area contributed by atoms with Crippen LogP contribution in [-0.2, 0) is 9.31 Å². The van der Waals surface area contributed by atoms with Crippen LogP contribution in [-0.4, -0.2) is 18.3 Å². The van der Waals surface area contributed by atoms with Crippen LogP contribution in [0, 0.1) is 0 Å². The van der Waals surface area contributed by atoms with E-state index in [0.29, 0.717) is 0 Å². The van der Waals surface area contributed by atoms with Gasteiger partial charge in [0.05, 0.1) is 11.2 Å². The van der Waals surface area contributed by atoms with Crippen molar-refractivity contribution in [1.82, 2.24) is 0 Å². The molecule has 1 fully saturated rings. The van der Waals surface area contributed by atoms with Crippen molar-refractivity contribution >= 4 is 36.1 Å². The first-order valence-electron chi connectivity index (χ1n) is 7.55. The predicted molar refractivity (Wildman–Crippen MR) is 95.4 cm³/mol. The summed E-state index contributed by atoms with van der Waals surface area (Å²) in [6.07, 6.45) is 4.26. The van der Waals surface area contributed by atoms with Crippen molar-refractivity contribution in [3.8, 4) is 0 Å². The highest BCUT2D eigenvalue weighted by Gasteiger charge is 2.51. The fourth-order valence-electron chi connectivity index (χ4n) is 2.31. The molecule has 2 heterocycles. The molecule has 1 aromatic heterocycles. The Bertz CT molecular complexity index is 641. The van der Waals surface area contributed by atoms with Gasteiger partial charge in [0.1, 0.15) is 0 Å². The van der Waals surface area contributed by atoms with Gasteiger partial charge in [-0.3, -0.25) is 0 Å². The molecule has 0 spiro atoms. The molecule has 2 aromatic rings. The SMILES string of the molecule is CC1(C)OB(c2ccc(C=Cc3cccs3)cc2)OC1(C)C. The second kappa shape index (κ2) is 5.69. The molecule has 0 bridgehead atoms. The van der Waals surface area contributed by atoms with E-state index in [4.69, 9.17) is 9.31 Å². The van der Waals surface area contributed by atoms with Crippen LogP contribution in [0.1, 0.15) is 38.1 Å². The van der Waals surface area contributed by atoms with Crippen LogP contribution in [0.5, 0.6) is 0 Å². The largest absolute Gasteiger partial charge is 0.494 e. The van der Waals surface area contributed by atoms with Crippen molar-refractivity contribution in [1.29, 1.82) is 0 Å². The minimum absolute atomic E-state index is 0.291. The Balaban J connectivity index is 1.73. The average molecular weight is 312 g/mol. The van der Waals surface area contributed by atoms with Gasteiger partial charge < -0.3 is 9.31 Å². The van der Waals surface area contributed by atoms with Gasteiger partial charge in [-0.05, 0) is 56.2 Å². The molecule has 22 heavy (non-hydrogen) atoms. The number of rotatable bonds is 3. The van der Waals surface area contributed by atoms with E-state index in [0.717, 1.165) is 5.46 Å². The lowest BCUT2D eigenvalue weighted by Crippen LogP contribution is -2.41. The maximum absolute atomic E-state index is 6.07. The average Bonchev–Trinajstić information content (AvgIpc) is 3.04. The predicted octanol–water partition coefficient (Wildman–Crippen LogP) is 4.22. The molecule has 2 nitrogen and oxygen atoms in total. The number of hydrogen-bond donors (Lipinski definition) is 0. The lowest BCUT2D eigenvalue weighted by molar-refractivity contribution is 0.00578. The van der Waals surface area contributed by atoms with E-state index >= 15 is 0 Å². The Morgan fingerprint density at radius 3 is 2.09 bits per heavy atom. The van der Waals surface area contributed by atoms with Crippen LogP contribution >= 0.6 is 11.3 Å². The molecule has 4 heteroatoms. The summed E-state index contributed by atoms with van der Waals surface area (Å²) >= 11 is 1.74. The van der Waals surface area contributed by atoms with Crippen molar-refractivity contribution in [3.63, 3.8) is 0 Å². The summed E-state index contributed by atoms with van der Waals surface area (Å²) in [6.45, 7) is 8.30. The molecule has 1 aromatic carbocycles. The highest BCUT2D eigenvalue weighted by Crippen LogP contribution is 2.36. The molecule has 0 saturated carbocycles. The fraction of sp³-hybridized carbons (Fsp3) is 0.333. The van der Waals surface area contributed by atoms with Crippen molar-refractivity contribution in [2.45, 2.75) is 38.9 Å². The third-order valence-electron chi connectivity index (χ3n) is 4.45. The molecule has 0 N–H and O–H groups in total. The topological polar surface area (TPSA) is 18.5 Å². The lowest BCUT2D eigenvalue weighted by Gasteiger charge is -2.32. The van der Waals surface area contributed by atoms with Gasteiger partial charge >= 0.3 is 7.12 Å². The highest BCUT2D eigenvalue weighted by molar-refractivity contribution is 7.10. The van der Waals surface area contributed by atoms with Crippen molar-refractivity contribution in [2.24, 2.45) is 0 Å². The normalized spacial score (nSPS) is 19.9. The van der Waals surface area contributed by atoms with Gasteiger partial charge in [-0.2, -0.15) is 0 Å². The molecule has 0 amide bonds. The summed E-state index contributed by atoms with van der Waals surface area (Å²) in [7, 11) is -0.291. The third-order valence-corrected chi connectivity index (χ3v) is 5.28. The third kappa shape index (κ3) is 3.05. The van der Waals surface area contributed by atoms with Crippen LogP contribution in [0.3, 0.4) is 0 Å². The number of benzene rings is 1. The van der Waals surface area contributed by atoms with Crippen LogP contribution in [0.15, 0.2) is 41.8 Å². The second-order valence-corrected chi connectivity index (χ2v) is 7.58. The van der Waals surface area contributed by atoms with Gasteiger partial charge in [-0.25, -0.2) is 0 Å². The second-order valence-electron chi connectivity index (χ2n) is 6.60. The monoisotopic (exact) mass is 312 g/mol. The Morgan fingerprint density at radius 1 is 0.909 bits per heavy atom.